The molecule has 0 radical (unpaired) electrons. The largest absolute Gasteiger partial charge is 0.545 e. The summed E-state index contributed by atoms with van der Waals surface area (Å²) in [5.74, 6) is -1.87. The van der Waals surface area contributed by atoms with E-state index in [-0.39, 0.29) is 25.8 Å². The third kappa shape index (κ3) is 40.7. The highest BCUT2D eigenvalue weighted by Crippen LogP contribution is 2.15. The summed E-state index contributed by atoms with van der Waals surface area (Å²) in [6.07, 6.45) is 48.2. The zero-order valence-electron chi connectivity index (χ0n) is 35.1. The van der Waals surface area contributed by atoms with Crippen molar-refractivity contribution in [1.82, 2.24) is 0 Å². The van der Waals surface area contributed by atoms with Gasteiger partial charge in [-0.2, -0.15) is 0 Å². The number of hydrogen-bond acceptors (Lipinski definition) is 7. The van der Waals surface area contributed by atoms with E-state index in [9.17, 15) is 19.8 Å². The van der Waals surface area contributed by atoms with Crippen LogP contribution in [-0.2, 0) is 23.8 Å². The first-order valence-electron chi connectivity index (χ1n) is 21.5. The summed E-state index contributed by atoms with van der Waals surface area (Å²) in [7, 11) is 5.87. The first-order chi connectivity index (χ1) is 26.2. The molecule has 0 amide bonds. The number of aliphatic hydroxyl groups is 1. The number of allylic oxidation sites excluding steroid dienone is 10. The van der Waals surface area contributed by atoms with Crippen LogP contribution in [0.2, 0.25) is 0 Å². The number of esters is 1. The van der Waals surface area contributed by atoms with Crippen molar-refractivity contribution in [3.63, 3.8) is 0 Å². The van der Waals surface area contributed by atoms with Gasteiger partial charge in [0.1, 0.15) is 19.3 Å². The molecule has 0 aliphatic heterocycles. The predicted octanol–water partition coefficient (Wildman–Crippen LogP) is 9.87. The SMILES string of the molecule is CC/C=C\C/C=C\C/C=C\C/C=C\C/C=C\CCCCCCCCCCCCCCCCCCCC(=O)OCC(O)COC(OCC[N+](C)(C)C)C(=O)[O-]. The average Bonchev–Trinajstić information content (AvgIpc) is 3.13. The molecule has 0 aromatic rings. The van der Waals surface area contributed by atoms with Gasteiger partial charge in [-0.05, 0) is 51.4 Å². The molecule has 54 heavy (non-hydrogen) atoms. The number of carboxylic acids is 1. The van der Waals surface area contributed by atoms with Crippen molar-refractivity contribution in [2.75, 3.05) is 47.5 Å². The molecular weight excluding hydrogens is 679 g/mol. The van der Waals surface area contributed by atoms with Crippen molar-refractivity contribution in [2.24, 2.45) is 0 Å². The number of hydrogen-bond donors (Lipinski definition) is 1. The molecule has 0 aromatic heterocycles. The van der Waals surface area contributed by atoms with Crippen molar-refractivity contribution >= 4 is 11.9 Å². The van der Waals surface area contributed by atoms with Crippen LogP contribution in [0.3, 0.4) is 0 Å². The molecule has 0 aliphatic carbocycles. The zero-order chi connectivity index (χ0) is 39.8. The minimum atomic E-state index is -1.57. The third-order valence-electron chi connectivity index (χ3n) is 9.01. The van der Waals surface area contributed by atoms with Crippen molar-refractivity contribution in [3.05, 3.63) is 60.8 Å². The number of likely N-dealkylation sites (N-methyl/N-ethyl adjacent to an activating group) is 1. The second-order valence-electron chi connectivity index (χ2n) is 15.5. The van der Waals surface area contributed by atoms with Crippen LogP contribution in [0.5, 0.6) is 0 Å². The first-order valence-corrected chi connectivity index (χ1v) is 21.5. The number of carboxylic acid groups (broad SMARTS) is 1. The Morgan fingerprint density at radius 1 is 0.574 bits per heavy atom. The third-order valence-corrected chi connectivity index (χ3v) is 9.01. The fourth-order valence-electron chi connectivity index (χ4n) is 5.68. The summed E-state index contributed by atoms with van der Waals surface area (Å²) in [5, 5.41) is 21.2. The van der Waals surface area contributed by atoms with Crippen LogP contribution in [0, 0.1) is 0 Å². The lowest BCUT2D eigenvalue weighted by molar-refractivity contribution is -0.870. The highest BCUT2D eigenvalue weighted by molar-refractivity contribution is 5.69. The van der Waals surface area contributed by atoms with Gasteiger partial charge >= 0.3 is 5.97 Å². The second kappa shape index (κ2) is 38.7. The summed E-state index contributed by atoms with van der Waals surface area (Å²) < 4.78 is 16.0. The molecular formula is C46H81NO7. The van der Waals surface area contributed by atoms with Crippen LogP contribution in [0.4, 0.5) is 0 Å². The molecule has 0 fully saturated rings. The normalized spacial score (nSPS) is 13.7. The van der Waals surface area contributed by atoms with E-state index in [0.29, 0.717) is 17.4 Å². The summed E-state index contributed by atoms with van der Waals surface area (Å²) in [6.45, 7) is 2.35. The molecule has 0 saturated carbocycles. The lowest BCUT2D eigenvalue weighted by Gasteiger charge is -2.26. The maximum Gasteiger partial charge on any atom is 0.305 e. The van der Waals surface area contributed by atoms with E-state index in [1.54, 1.807) is 0 Å². The Morgan fingerprint density at radius 3 is 1.41 bits per heavy atom. The van der Waals surface area contributed by atoms with Gasteiger partial charge in [0.05, 0.1) is 40.3 Å². The predicted molar refractivity (Wildman–Crippen MR) is 223 cm³/mol. The van der Waals surface area contributed by atoms with Crippen LogP contribution in [0.25, 0.3) is 0 Å². The van der Waals surface area contributed by atoms with Crippen molar-refractivity contribution in [3.8, 4) is 0 Å². The van der Waals surface area contributed by atoms with Crippen molar-refractivity contribution < 1.29 is 38.5 Å². The Balaban J connectivity index is 3.45. The minimum absolute atomic E-state index is 0.169. The number of nitrogens with zero attached hydrogens (tertiary/aromatic N) is 1. The van der Waals surface area contributed by atoms with E-state index in [0.717, 1.165) is 51.4 Å². The number of carbonyl (C=O) groups excluding carboxylic acids is 2. The summed E-state index contributed by atoms with van der Waals surface area (Å²) in [6, 6.07) is 0. The molecule has 0 heterocycles. The lowest BCUT2D eigenvalue weighted by atomic mass is 10.0. The van der Waals surface area contributed by atoms with Gasteiger partial charge in [0.25, 0.3) is 0 Å². The maximum atomic E-state index is 12.0. The Morgan fingerprint density at radius 2 is 0.981 bits per heavy atom. The van der Waals surface area contributed by atoms with E-state index in [2.05, 4.69) is 67.7 Å². The number of quaternary nitrogens is 1. The number of aliphatic carboxylic acids is 1. The summed E-state index contributed by atoms with van der Waals surface area (Å²) in [5.41, 5.74) is 0. The summed E-state index contributed by atoms with van der Waals surface area (Å²) in [4.78, 5) is 23.2. The molecule has 0 spiro atoms. The maximum absolute atomic E-state index is 12.0. The Hall–Kier alpha value is -2.52. The molecule has 8 heteroatoms. The van der Waals surface area contributed by atoms with Gasteiger partial charge in [-0.25, -0.2) is 0 Å². The highest BCUT2D eigenvalue weighted by Gasteiger charge is 2.17. The quantitative estimate of drug-likeness (QED) is 0.0219. The van der Waals surface area contributed by atoms with Crippen LogP contribution >= 0.6 is 0 Å². The van der Waals surface area contributed by atoms with Gasteiger partial charge in [-0.1, -0.05) is 164 Å². The van der Waals surface area contributed by atoms with Gasteiger partial charge in [0, 0.05) is 6.42 Å². The Bertz CT molecular complexity index is 1010. The highest BCUT2D eigenvalue weighted by atomic mass is 16.7. The van der Waals surface area contributed by atoms with E-state index < -0.39 is 18.4 Å². The van der Waals surface area contributed by atoms with E-state index in [1.165, 1.54) is 96.3 Å². The molecule has 2 atom stereocenters. The lowest BCUT2D eigenvalue weighted by Crippen LogP contribution is -2.44. The summed E-state index contributed by atoms with van der Waals surface area (Å²) >= 11 is 0. The van der Waals surface area contributed by atoms with Crippen molar-refractivity contribution in [2.45, 2.75) is 173 Å². The Kier molecular flexibility index (Phi) is 36.9. The van der Waals surface area contributed by atoms with Crippen LogP contribution in [0.1, 0.15) is 161 Å². The van der Waals surface area contributed by atoms with Gasteiger partial charge in [-0.3, -0.25) is 4.79 Å². The van der Waals surface area contributed by atoms with Gasteiger partial charge < -0.3 is 33.7 Å². The number of unbranched alkanes of at least 4 members (excludes halogenated alkanes) is 17. The second-order valence-corrected chi connectivity index (χ2v) is 15.5. The minimum Gasteiger partial charge on any atom is -0.545 e. The van der Waals surface area contributed by atoms with Crippen LogP contribution < -0.4 is 5.11 Å². The molecule has 0 bridgehead atoms. The fraction of sp³-hybridized carbons (Fsp3) is 0.739. The molecule has 0 saturated heterocycles. The van der Waals surface area contributed by atoms with E-state index >= 15 is 0 Å². The number of ether oxygens (including phenoxy) is 3. The molecule has 312 valence electrons. The molecule has 2 unspecified atom stereocenters. The van der Waals surface area contributed by atoms with Gasteiger partial charge in [0.2, 0.25) is 0 Å². The molecule has 1 N–H and O–H groups in total. The molecule has 0 rings (SSSR count). The van der Waals surface area contributed by atoms with Gasteiger partial charge in [0.15, 0.2) is 6.29 Å². The standard InChI is InChI=1S/C46H81NO7/c1-5-6-7-8-9-10-11-12-13-14-15-16-17-18-19-20-21-22-23-24-25-26-27-28-29-30-31-32-33-34-35-36-37-38-44(49)53-41-43(48)42-54-46(45(50)51)52-40-39-47(2,3)4/h6-7,9-10,12-13,15-16,18-19,43,46,48H,5,8,11,14,17,20-42H2,1-4H3/b7-6-,10-9-,13-12-,16-15-,19-18-. The zero-order valence-corrected chi connectivity index (χ0v) is 35.1. The smallest absolute Gasteiger partial charge is 0.305 e. The fourth-order valence-corrected chi connectivity index (χ4v) is 5.68. The number of rotatable bonds is 39. The Labute approximate surface area is 331 Å². The number of carbonyl (C=O) groups is 2. The average molecular weight is 760 g/mol. The van der Waals surface area contributed by atoms with E-state index in [4.69, 9.17) is 14.2 Å². The molecule has 0 aromatic carbocycles. The molecule has 0 aliphatic rings. The first kappa shape index (κ1) is 51.5. The van der Waals surface area contributed by atoms with E-state index in [1.807, 2.05) is 21.1 Å². The topological polar surface area (TPSA) is 105 Å². The monoisotopic (exact) mass is 760 g/mol. The number of aliphatic hydroxyl groups excluding tert-OH is 1. The van der Waals surface area contributed by atoms with Crippen LogP contribution in [0.15, 0.2) is 60.8 Å². The van der Waals surface area contributed by atoms with Gasteiger partial charge in [-0.15, -0.1) is 0 Å². The van der Waals surface area contributed by atoms with Crippen LogP contribution in [-0.4, -0.2) is 81.4 Å². The molecule has 8 nitrogen and oxygen atoms in total. The van der Waals surface area contributed by atoms with Crippen molar-refractivity contribution in [1.29, 1.82) is 0 Å².